The number of amides is 2. The molecule has 6 heteroatoms. The molecule has 1 aromatic carbocycles. The van der Waals surface area contributed by atoms with Gasteiger partial charge in [0.05, 0.1) is 31.6 Å². The van der Waals surface area contributed by atoms with Gasteiger partial charge in [0.15, 0.2) is 0 Å². The smallest absolute Gasteiger partial charge is 0.319 e. The van der Waals surface area contributed by atoms with Crippen LogP contribution in [0.25, 0.3) is 0 Å². The van der Waals surface area contributed by atoms with Gasteiger partial charge in [-0.25, -0.2) is 4.79 Å². The minimum absolute atomic E-state index is 0.0609. The van der Waals surface area contributed by atoms with Gasteiger partial charge in [-0.3, -0.25) is 0 Å². The highest BCUT2D eigenvalue weighted by molar-refractivity contribution is 7.99. The van der Waals surface area contributed by atoms with Crippen LogP contribution in [0, 0.1) is 0 Å². The lowest BCUT2D eigenvalue weighted by molar-refractivity contribution is -0.0852. The first-order valence-electron chi connectivity index (χ1n) is 7.25. The molecule has 0 saturated carbocycles. The number of para-hydroxylation sites is 1. The molecule has 1 atom stereocenters. The molecule has 0 spiro atoms. The maximum Gasteiger partial charge on any atom is 0.319 e. The molecule has 21 heavy (non-hydrogen) atoms. The molecule has 2 rings (SSSR count). The lowest BCUT2D eigenvalue weighted by Crippen LogP contribution is -2.41. The van der Waals surface area contributed by atoms with Crippen molar-refractivity contribution in [2.24, 2.45) is 0 Å². The molecule has 116 valence electrons. The van der Waals surface area contributed by atoms with Gasteiger partial charge < -0.3 is 20.1 Å². The second-order valence-corrected chi connectivity index (χ2v) is 5.88. The Morgan fingerprint density at radius 3 is 3.00 bits per heavy atom. The van der Waals surface area contributed by atoms with Crippen LogP contribution in [0.5, 0.6) is 0 Å². The topological polar surface area (TPSA) is 59.6 Å². The standard InChI is InChI=1S/C15H22N2O3S/c1-2-9-21-14-6-4-3-5-13(14)17-15(18)16-10-12-11-19-7-8-20-12/h3-6,12H,2,7-11H2,1H3,(H2,16,17,18)/t12-/m1/s1. The molecule has 2 N–H and O–H groups in total. The van der Waals surface area contributed by atoms with E-state index in [0.29, 0.717) is 26.4 Å². The summed E-state index contributed by atoms with van der Waals surface area (Å²) in [6.45, 7) is 4.34. The highest BCUT2D eigenvalue weighted by atomic mass is 32.2. The molecule has 0 aliphatic carbocycles. The van der Waals surface area contributed by atoms with Crippen molar-refractivity contribution >= 4 is 23.5 Å². The molecule has 0 unspecified atom stereocenters. The lowest BCUT2D eigenvalue weighted by atomic mass is 10.3. The van der Waals surface area contributed by atoms with Gasteiger partial charge in [-0.05, 0) is 24.3 Å². The summed E-state index contributed by atoms with van der Waals surface area (Å²) in [4.78, 5) is 13.0. The average Bonchev–Trinajstić information content (AvgIpc) is 2.53. The summed E-state index contributed by atoms with van der Waals surface area (Å²) in [7, 11) is 0. The Labute approximate surface area is 129 Å². The highest BCUT2D eigenvalue weighted by Crippen LogP contribution is 2.27. The molecule has 1 aliphatic rings. The molecule has 1 heterocycles. The number of urea groups is 1. The second kappa shape index (κ2) is 8.92. The minimum Gasteiger partial charge on any atom is -0.376 e. The maximum absolute atomic E-state index is 12.0. The number of nitrogens with one attached hydrogen (secondary N) is 2. The number of carbonyl (C=O) groups is 1. The van der Waals surface area contributed by atoms with Gasteiger partial charge in [0, 0.05) is 11.4 Å². The summed E-state index contributed by atoms with van der Waals surface area (Å²) in [6, 6.07) is 7.62. The molecular formula is C15H22N2O3S. The van der Waals surface area contributed by atoms with Crippen LogP contribution in [0.3, 0.4) is 0 Å². The molecule has 0 bridgehead atoms. The Balaban J connectivity index is 1.81. The van der Waals surface area contributed by atoms with Crippen LogP contribution in [-0.2, 0) is 9.47 Å². The molecular weight excluding hydrogens is 288 g/mol. The molecule has 1 fully saturated rings. The Morgan fingerprint density at radius 1 is 1.38 bits per heavy atom. The van der Waals surface area contributed by atoms with Crippen LogP contribution in [0.2, 0.25) is 0 Å². The van der Waals surface area contributed by atoms with Gasteiger partial charge in [-0.15, -0.1) is 11.8 Å². The van der Waals surface area contributed by atoms with Crippen LogP contribution < -0.4 is 10.6 Å². The van der Waals surface area contributed by atoms with E-state index in [9.17, 15) is 4.79 Å². The fraction of sp³-hybridized carbons (Fsp3) is 0.533. The predicted molar refractivity (Wildman–Crippen MR) is 85.0 cm³/mol. The van der Waals surface area contributed by atoms with Crippen molar-refractivity contribution in [3.8, 4) is 0 Å². The molecule has 2 amide bonds. The predicted octanol–water partition coefficient (Wildman–Crippen LogP) is 2.73. The van der Waals surface area contributed by atoms with Crippen molar-refractivity contribution in [3.05, 3.63) is 24.3 Å². The summed E-state index contributed by atoms with van der Waals surface area (Å²) >= 11 is 1.75. The summed E-state index contributed by atoms with van der Waals surface area (Å²) in [5, 5.41) is 5.71. The second-order valence-electron chi connectivity index (χ2n) is 4.75. The number of thioether (sulfide) groups is 1. The molecule has 0 aromatic heterocycles. The number of benzene rings is 1. The molecule has 0 radical (unpaired) electrons. The van der Waals surface area contributed by atoms with E-state index >= 15 is 0 Å². The number of carbonyl (C=O) groups excluding carboxylic acids is 1. The van der Waals surface area contributed by atoms with E-state index in [1.165, 1.54) is 0 Å². The van der Waals surface area contributed by atoms with Crippen LogP contribution >= 0.6 is 11.8 Å². The first-order chi connectivity index (χ1) is 10.3. The van der Waals surface area contributed by atoms with Crippen LogP contribution in [-0.4, -0.2) is 44.3 Å². The number of hydrogen-bond acceptors (Lipinski definition) is 4. The van der Waals surface area contributed by atoms with Crippen molar-refractivity contribution in [3.63, 3.8) is 0 Å². The first-order valence-corrected chi connectivity index (χ1v) is 8.24. The van der Waals surface area contributed by atoms with Gasteiger partial charge in [0.2, 0.25) is 0 Å². The third-order valence-corrected chi connectivity index (χ3v) is 4.25. The largest absolute Gasteiger partial charge is 0.376 e. The lowest BCUT2D eigenvalue weighted by Gasteiger charge is -2.23. The van der Waals surface area contributed by atoms with Crippen LogP contribution in [0.1, 0.15) is 13.3 Å². The monoisotopic (exact) mass is 310 g/mol. The first kappa shape index (κ1) is 16.1. The van der Waals surface area contributed by atoms with Crippen LogP contribution in [0.4, 0.5) is 10.5 Å². The number of anilines is 1. The Kier molecular flexibility index (Phi) is 6.85. The number of hydrogen-bond donors (Lipinski definition) is 2. The highest BCUT2D eigenvalue weighted by Gasteiger charge is 2.15. The van der Waals surface area contributed by atoms with Crippen molar-refractivity contribution in [2.45, 2.75) is 24.3 Å². The normalized spacial score (nSPS) is 18.2. The molecule has 1 saturated heterocycles. The maximum atomic E-state index is 12.0. The summed E-state index contributed by atoms with van der Waals surface area (Å²) < 4.78 is 10.8. The van der Waals surface area contributed by atoms with E-state index in [0.717, 1.165) is 22.8 Å². The van der Waals surface area contributed by atoms with E-state index in [2.05, 4.69) is 17.6 Å². The third kappa shape index (κ3) is 5.57. The van der Waals surface area contributed by atoms with Crippen molar-refractivity contribution in [1.82, 2.24) is 5.32 Å². The minimum atomic E-state index is -0.214. The molecule has 1 aliphatic heterocycles. The van der Waals surface area contributed by atoms with E-state index in [1.54, 1.807) is 11.8 Å². The molecule has 1 aromatic rings. The summed E-state index contributed by atoms with van der Waals surface area (Å²) in [6.07, 6.45) is 1.04. The van der Waals surface area contributed by atoms with Gasteiger partial charge >= 0.3 is 6.03 Å². The Morgan fingerprint density at radius 2 is 2.24 bits per heavy atom. The van der Waals surface area contributed by atoms with E-state index in [1.807, 2.05) is 24.3 Å². The SMILES string of the molecule is CCCSc1ccccc1NC(=O)NC[C@@H]1COCCO1. The van der Waals surface area contributed by atoms with Gasteiger partial charge in [0.1, 0.15) is 0 Å². The fourth-order valence-electron chi connectivity index (χ4n) is 1.94. The summed E-state index contributed by atoms with van der Waals surface area (Å²) in [5.41, 5.74) is 0.842. The van der Waals surface area contributed by atoms with E-state index < -0.39 is 0 Å². The Bertz CT molecular complexity index is 450. The van der Waals surface area contributed by atoms with E-state index in [-0.39, 0.29) is 12.1 Å². The van der Waals surface area contributed by atoms with Crippen molar-refractivity contribution in [1.29, 1.82) is 0 Å². The van der Waals surface area contributed by atoms with E-state index in [4.69, 9.17) is 9.47 Å². The Hall–Kier alpha value is -1.24. The van der Waals surface area contributed by atoms with Gasteiger partial charge in [-0.2, -0.15) is 0 Å². The van der Waals surface area contributed by atoms with Gasteiger partial charge in [0.25, 0.3) is 0 Å². The van der Waals surface area contributed by atoms with Gasteiger partial charge in [-0.1, -0.05) is 19.1 Å². The number of rotatable bonds is 6. The number of ether oxygens (including phenoxy) is 2. The van der Waals surface area contributed by atoms with Crippen molar-refractivity contribution < 1.29 is 14.3 Å². The zero-order valence-electron chi connectivity index (χ0n) is 12.3. The average molecular weight is 310 g/mol. The molecule has 5 nitrogen and oxygen atoms in total. The fourth-order valence-corrected chi connectivity index (χ4v) is 2.81. The zero-order chi connectivity index (χ0) is 14.9. The third-order valence-electron chi connectivity index (χ3n) is 2.97. The van der Waals surface area contributed by atoms with Crippen molar-refractivity contribution in [2.75, 3.05) is 37.4 Å². The quantitative estimate of drug-likeness (QED) is 0.793. The van der Waals surface area contributed by atoms with Crippen LogP contribution in [0.15, 0.2) is 29.2 Å². The zero-order valence-corrected chi connectivity index (χ0v) is 13.1. The summed E-state index contributed by atoms with van der Waals surface area (Å²) in [5.74, 6) is 1.04.